The summed E-state index contributed by atoms with van der Waals surface area (Å²) < 4.78 is 11.4. The summed E-state index contributed by atoms with van der Waals surface area (Å²) >= 11 is 0. The average molecular weight is 385 g/mol. The maximum atomic E-state index is 12.8. The van der Waals surface area contributed by atoms with Crippen molar-refractivity contribution in [1.82, 2.24) is 0 Å². The second-order valence-electron chi connectivity index (χ2n) is 6.62. The van der Waals surface area contributed by atoms with E-state index in [0.717, 1.165) is 5.56 Å². The topological polar surface area (TPSA) is 68.5 Å². The Morgan fingerprint density at radius 2 is 1.66 bits per heavy atom. The van der Waals surface area contributed by atoms with Gasteiger partial charge >= 0.3 is 0 Å². The third kappa shape index (κ3) is 4.04. The molecule has 29 heavy (non-hydrogen) atoms. The maximum Gasteiger partial charge on any atom is 0.265 e. The molecule has 0 aliphatic rings. The number of ether oxygens (including phenoxy) is 1. The lowest BCUT2D eigenvalue weighted by Gasteiger charge is -2.15. The molecular formula is C24H19NO4. The molecule has 1 heterocycles. The Morgan fingerprint density at radius 1 is 0.966 bits per heavy atom. The van der Waals surface area contributed by atoms with Gasteiger partial charge in [-0.15, -0.1) is 0 Å². The Labute approximate surface area is 167 Å². The van der Waals surface area contributed by atoms with Crippen LogP contribution in [0, 0.1) is 0 Å². The van der Waals surface area contributed by atoms with Gasteiger partial charge in [-0.1, -0.05) is 48.5 Å². The van der Waals surface area contributed by atoms with E-state index in [1.165, 1.54) is 6.26 Å². The van der Waals surface area contributed by atoms with E-state index < -0.39 is 6.10 Å². The molecular weight excluding hydrogens is 366 g/mol. The van der Waals surface area contributed by atoms with Crippen LogP contribution in [0.5, 0.6) is 5.75 Å². The van der Waals surface area contributed by atoms with Gasteiger partial charge in [-0.3, -0.25) is 9.59 Å². The molecule has 0 aliphatic carbocycles. The molecule has 4 aromatic rings. The Bertz CT molecular complexity index is 1200. The van der Waals surface area contributed by atoms with E-state index in [9.17, 15) is 9.59 Å². The first-order chi connectivity index (χ1) is 14.1. The van der Waals surface area contributed by atoms with Crippen molar-refractivity contribution in [3.63, 3.8) is 0 Å². The highest BCUT2D eigenvalue weighted by Crippen LogP contribution is 2.23. The Kier molecular flexibility index (Phi) is 5.12. The molecule has 0 fully saturated rings. The molecule has 0 spiro atoms. The molecule has 0 saturated carbocycles. The Morgan fingerprint density at radius 3 is 2.38 bits per heavy atom. The van der Waals surface area contributed by atoms with Crippen molar-refractivity contribution in [2.75, 3.05) is 5.32 Å². The average Bonchev–Trinajstić information content (AvgIpc) is 2.75. The van der Waals surface area contributed by atoms with Gasteiger partial charge in [-0.25, -0.2) is 0 Å². The van der Waals surface area contributed by atoms with E-state index in [0.29, 0.717) is 28.0 Å². The summed E-state index contributed by atoms with van der Waals surface area (Å²) in [6, 6.07) is 23.5. The van der Waals surface area contributed by atoms with Gasteiger partial charge in [0, 0.05) is 11.8 Å². The van der Waals surface area contributed by atoms with Crippen molar-refractivity contribution in [3.05, 3.63) is 95.3 Å². The third-order valence-electron chi connectivity index (χ3n) is 4.55. The number of hydrogen-bond acceptors (Lipinski definition) is 4. The molecule has 0 bridgehead atoms. The monoisotopic (exact) mass is 385 g/mol. The van der Waals surface area contributed by atoms with Gasteiger partial charge in [-0.2, -0.15) is 0 Å². The number of anilines is 1. The second-order valence-corrected chi connectivity index (χ2v) is 6.62. The number of carbonyl (C=O) groups is 1. The number of rotatable bonds is 5. The molecule has 5 nitrogen and oxygen atoms in total. The number of amides is 1. The van der Waals surface area contributed by atoms with Crippen molar-refractivity contribution in [2.24, 2.45) is 0 Å². The molecule has 1 aromatic heterocycles. The van der Waals surface area contributed by atoms with Crippen LogP contribution in [0.15, 0.2) is 94.3 Å². The summed E-state index contributed by atoms with van der Waals surface area (Å²) in [5.41, 5.74) is 2.30. The fourth-order valence-corrected chi connectivity index (χ4v) is 3.02. The van der Waals surface area contributed by atoms with Crippen LogP contribution in [-0.2, 0) is 4.79 Å². The first-order valence-corrected chi connectivity index (χ1v) is 9.25. The van der Waals surface area contributed by atoms with Crippen molar-refractivity contribution < 1.29 is 13.9 Å². The van der Waals surface area contributed by atoms with Crippen LogP contribution < -0.4 is 15.5 Å². The maximum absolute atomic E-state index is 12.8. The van der Waals surface area contributed by atoms with Gasteiger partial charge < -0.3 is 14.5 Å². The first kappa shape index (κ1) is 18.5. The number of nitrogens with one attached hydrogen (secondary N) is 1. The number of benzene rings is 3. The van der Waals surface area contributed by atoms with Crippen LogP contribution in [0.2, 0.25) is 0 Å². The van der Waals surface area contributed by atoms with E-state index >= 15 is 0 Å². The van der Waals surface area contributed by atoms with E-state index in [2.05, 4.69) is 5.32 Å². The zero-order chi connectivity index (χ0) is 20.2. The van der Waals surface area contributed by atoms with E-state index in [4.69, 9.17) is 9.15 Å². The van der Waals surface area contributed by atoms with Gasteiger partial charge in [0.05, 0.1) is 10.9 Å². The Balaban J connectivity index is 1.55. The lowest BCUT2D eigenvalue weighted by molar-refractivity contribution is -0.122. The SMILES string of the molecule is C[C@@H](Oc1ccc2c(=O)c(-c3ccccc3)coc2c1)C(=O)Nc1ccccc1. The van der Waals surface area contributed by atoms with Gasteiger partial charge in [0.25, 0.3) is 5.91 Å². The van der Waals surface area contributed by atoms with Crippen LogP contribution >= 0.6 is 0 Å². The zero-order valence-corrected chi connectivity index (χ0v) is 15.8. The van der Waals surface area contributed by atoms with Gasteiger partial charge in [0.1, 0.15) is 17.6 Å². The standard InChI is InChI=1S/C24H19NO4/c1-16(24(27)25-18-10-6-3-7-11-18)29-19-12-13-20-22(14-19)28-15-21(23(20)26)17-8-4-2-5-9-17/h2-16H,1H3,(H,25,27)/t16-/m1/s1. The minimum Gasteiger partial charge on any atom is -0.481 e. The third-order valence-corrected chi connectivity index (χ3v) is 4.55. The smallest absolute Gasteiger partial charge is 0.265 e. The quantitative estimate of drug-likeness (QED) is 0.532. The van der Waals surface area contributed by atoms with Crippen LogP contribution in [0.4, 0.5) is 5.69 Å². The van der Waals surface area contributed by atoms with Crippen LogP contribution in [0.3, 0.4) is 0 Å². The lowest BCUT2D eigenvalue weighted by atomic mass is 10.1. The summed E-state index contributed by atoms with van der Waals surface area (Å²) in [7, 11) is 0. The highest BCUT2D eigenvalue weighted by atomic mass is 16.5. The van der Waals surface area contributed by atoms with Crippen molar-refractivity contribution in [1.29, 1.82) is 0 Å². The normalized spacial score (nSPS) is 11.8. The lowest BCUT2D eigenvalue weighted by Crippen LogP contribution is -2.30. The van der Waals surface area contributed by atoms with Crippen LogP contribution in [-0.4, -0.2) is 12.0 Å². The predicted octanol–water partition coefficient (Wildman–Crippen LogP) is 4.87. The molecule has 3 aromatic carbocycles. The number of hydrogen-bond donors (Lipinski definition) is 1. The van der Waals surface area contributed by atoms with Crippen LogP contribution in [0.1, 0.15) is 6.92 Å². The van der Waals surface area contributed by atoms with Gasteiger partial charge in [0.2, 0.25) is 0 Å². The molecule has 0 radical (unpaired) electrons. The number of carbonyl (C=O) groups excluding carboxylic acids is 1. The second kappa shape index (κ2) is 8.02. The number of fused-ring (bicyclic) bond motifs is 1. The van der Waals surface area contributed by atoms with Crippen LogP contribution in [0.25, 0.3) is 22.1 Å². The Hall–Kier alpha value is -3.86. The molecule has 0 saturated heterocycles. The van der Waals surface area contributed by atoms with Crippen molar-refractivity contribution >= 4 is 22.6 Å². The fourth-order valence-electron chi connectivity index (χ4n) is 3.02. The highest BCUT2D eigenvalue weighted by molar-refractivity contribution is 5.94. The van der Waals surface area contributed by atoms with Gasteiger partial charge in [0.15, 0.2) is 11.5 Å². The molecule has 144 valence electrons. The predicted molar refractivity (Wildman–Crippen MR) is 113 cm³/mol. The molecule has 1 N–H and O–H groups in total. The van der Waals surface area contributed by atoms with Gasteiger partial charge in [-0.05, 0) is 36.8 Å². The molecule has 0 unspecified atom stereocenters. The number of para-hydroxylation sites is 1. The van der Waals surface area contributed by atoms with E-state index in [1.54, 1.807) is 37.3 Å². The molecule has 1 amide bonds. The van der Waals surface area contributed by atoms with E-state index in [-0.39, 0.29) is 11.3 Å². The minimum atomic E-state index is -0.719. The summed E-state index contributed by atoms with van der Waals surface area (Å²) in [6.45, 7) is 1.66. The highest BCUT2D eigenvalue weighted by Gasteiger charge is 2.16. The zero-order valence-electron chi connectivity index (χ0n) is 15.8. The molecule has 4 rings (SSSR count). The summed E-state index contributed by atoms with van der Waals surface area (Å²) in [4.78, 5) is 25.1. The summed E-state index contributed by atoms with van der Waals surface area (Å²) in [5, 5.41) is 3.25. The molecule has 1 atom stereocenters. The molecule has 5 heteroatoms. The van der Waals surface area contributed by atoms with E-state index in [1.807, 2.05) is 48.5 Å². The largest absolute Gasteiger partial charge is 0.481 e. The molecule has 0 aliphatic heterocycles. The van der Waals surface area contributed by atoms with Crippen molar-refractivity contribution in [2.45, 2.75) is 13.0 Å². The summed E-state index contributed by atoms with van der Waals surface area (Å²) in [6.07, 6.45) is 0.734. The summed E-state index contributed by atoms with van der Waals surface area (Å²) in [5.74, 6) is 0.181. The first-order valence-electron chi connectivity index (χ1n) is 9.25. The minimum absolute atomic E-state index is 0.112. The van der Waals surface area contributed by atoms with Crippen molar-refractivity contribution in [3.8, 4) is 16.9 Å². The fraction of sp³-hybridized carbons (Fsp3) is 0.0833.